The molecule has 0 unspecified atom stereocenters. The molecule has 4 aliphatic heterocycles. The van der Waals surface area contributed by atoms with E-state index in [2.05, 4.69) is 33.9 Å². The van der Waals surface area contributed by atoms with Gasteiger partial charge in [0.1, 0.15) is 48.7 Å². The summed E-state index contributed by atoms with van der Waals surface area (Å²) < 4.78 is 127. The quantitative estimate of drug-likeness (QED) is 0.0402. The van der Waals surface area contributed by atoms with Gasteiger partial charge in [-0.25, -0.2) is 0 Å². The predicted molar refractivity (Wildman–Crippen MR) is 243 cm³/mol. The maximum absolute atomic E-state index is 13.0. The topological polar surface area (TPSA) is 162 Å². The van der Waals surface area contributed by atoms with E-state index in [1.807, 2.05) is 5.32 Å². The van der Waals surface area contributed by atoms with Crippen LogP contribution in [0.4, 0.5) is 26.3 Å². The molecular formula is C48H83F6N2NaO12. The van der Waals surface area contributed by atoms with Crippen molar-refractivity contribution in [3.8, 4) is 0 Å². The molecule has 0 aromatic carbocycles. The van der Waals surface area contributed by atoms with Crippen LogP contribution in [0.15, 0.2) is 25.3 Å². The summed E-state index contributed by atoms with van der Waals surface area (Å²) in [6.07, 6.45) is 5.14. The first kappa shape index (κ1) is 65.6. The first-order valence-electron chi connectivity index (χ1n) is 24.5. The number of ether oxygens (including phenoxy) is 9. The Morgan fingerprint density at radius 2 is 0.986 bits per heavy atom. The third-order valence-corrected chi connectivity index (χ3v) is 11.5. The number of unbranched alkanes of at least 4 members (excludes halogenated alkanes) is 14. The van der Waals surface area contributed by atoms with Crippen LogP contribution in [0, 0.1) is 0 Å². The molecule has 4 fully saturated rings. The van der Waals surface area contributed by atoms with Crippen LogP contribution in [-0.4, -0.2) is 135 Å². The molecule has 4 heterocycles. The van der Waals surface area contributed by atoms with Crippen molar-refractivity contribution in [2.45, 2.75) is 236 Å². The molecule has 0 spiro atoms. The Labute approximate surface area is 430 Å². The van der Waals surface area contributed by atoms with E-state index in [4.69, 9.17) is 42.6 Å². The molecule has 0 aliphatic carbocycles. The fourth-order valence-electron chi connectivity index (χ4n) is 7.91. The van der Waals surface area contributed by atoms with Gasteiger partial charge in [-0.2, -0.15) is 26.3 Å². The first-order valence-corrected chi connectivity index (χ1v) is 24.5. The van der Waals surface area contributed by atoms with Crippen molar-refractivity contribution in [1.82, 2.24) is 10.6 Å². The molecule has 4 aliphatic rings. The maximum Gasteiger partial charge on any atom is 1.00 e. The number of amides is 2. The van der Waals surface area contributed by atoms with E-state index in [1.54, 1.807) is 33.0 Å². The summed E-state index contributed by atoms with van der Waals surface area (Å²) in [5.74, 6) is -6.30. The molecule has 400 valence electrons. The van der Waals surface area contributed by atoms with Crippen LogP contribution < -0.4 is 40.2 Å². The minimum absolute atomic E-state index is 0. The van der Waals surface area contributed by atoms with Crippen LogP contribution >= 0.6 is 0 Å². The van der Waals surface area contributed by atoms with Crippen LogP contribution in [0.3, 0.4) is 0 Å². The van der Waals surface area contributed by atoms with Gasteiger partial charge in [-0.05, 0) is 34.1 Å². The number of nitrogens with one attached hydrogen (secondary N) is 2. The average Bonchev–Trinajstić information content (AvgIpc) is 3.27. The molecule has 3 N–H and O–H groups in total. The standard InChI is InChI=1S/C23H38F3NO6.C14H20F3NO6.C11H24.Na.H/c1-5-7-8-9-10-11-12-14-29-19-17(27-21(28)23(24,25)26)20(30-13-6-2)32-16-15-31-22(3,4)33-18(16)19;1-4-5-21-11-8(18-12(20)14(15,16)17)9(19)10-7(23-11)6-22-13(2,3)24-10;1-3-5-7-9-11-10-8-6-4-2;;/h6,16-20H,2,5,7-15H2,1,3-4H3,(H,27,28);4,7-11,19H,1,5-6H2,2-3H3,(H,18,20);3-11H2,1-2H3;;/q;;;+1;-1/t16-,17-,18-,19-,20+;7-,8-,9-,10-,11+;;;/m11.../s1. The second kappa shape index (κ2) is 33.4. The van der Waals surface area contributed by atoms with Crippen molar-refractivity contribution in [3.63, 3.8) is 0 Å². The SMILES string of the molecule is C=CCO[C@H]1O[C@@H]2COC(C)(C)O[C@H]2[C@H](O)[C@H]1NC(=O)C(F)(F)F.C=CCO[C@H]1O[C@@H]2COC(C)(C)O[C@H]2[C@H](OCCCCCCCCC)[C@H]1NC(=O)C(F)(F)F.CCCCCCCCCCC.[H-].[Na+]. The van der Waals surface area contributed by atoms with Gasteiger partial charge in [-0.1, -0.05) is 129 Å². The van der Waals surface area contributed by atoms with Crippen LogP contribution in [-0.2, 0) is 52.2 Å². The minimum atomic E-state index is -5.10. The molecular weight excluding hydrogens is 934 g/mol. The maximum atomic E-state index is 13.0. The Balaban J connectivity index is 0.00000113. The molecule has 2 amide bonds. The van der Waals surface area contributed by atoms with Crippen molar-refractivity contribution in [3.05, 3.63) is 25.3 Å². The number of halogens is 6. The first-order chi connectivity index (χ1) is 32.0. The number of fused-ring (bicyclic) bond motifs is 2. The number of aliphatic hydroxyl groups is 1. The largest absolute Gasteiger partial charge is 1.00 e. The van der Waals surface area contributed by atoms with Gasteiger partial charge in [-0.15, -0.1) is 13.2 Å². The van der Waals surface area contributed by atoms with Gasteiger partial charge in [0.2, 0.25) is 0 Å². The fourth-order valence-corrected chi connectivity index (χ4v) is 7.91. The molecule has 21 heteroatoms. The summed E-state index contributed by atoms with van der Waals surface area (Å²) in [4.78, 5) is 23.0. The molecule has 0 bridgehead atoms. The molecule has 4 saturated heterocycles. The molecule has 0 radical (unpaired) electrons. The van der Waals surface area contributed by atoms with Crippen LogP contribution in [0.25, 0.3) is 0 Å². The van der Waals surface area contributed by atoms with Gasteiger partial charge >= 0.3 is 53.7 Å². The normalized spacial score (nSPS) is 28.1. The van der Waals surface area contributed by atoms with Crippen molar-refractivity contribution in [1.29, 1.82) is 0 Å². The number of rotatable bonds is 25. The summed E-state index contributed by atoms with van der Waals surface area (Å²) in [5, 5.41) is 14.2. The van der Waals surface area contributed by atoms with Crippen molar-refractivity contribution in [2.75, 3.05) is 33.0 Å². The van der Waals surface area contributed by atoms with E-state index in [-0.39, 0.29) is 57.4 Å². The zero-order valence-electron chi connectivity index (χ0n) is 43.4. The number of hydrogen-bond acceptors (Lipinski definition) is 12. The van der Waals surface area contributed by atoms with Gasteiger partial charge < -0.3 is 59.8 Å². The summed E-state index contributed by atoms with van der Waals surface area (Å²) in [7, 11) is 0. The Hall–Kier alpha value is -1.40. The average molecular weight is 1020 g/mol. The van der Waals surface area contributed by atoms with E-state index in [1.165, 1.54) is 89.2 Å². The zero-order valence-corrected chi connectivity index (χ0v) is 44.4. The number of carbonyl (C=O) groups is 2. The second-order valence-electron chi connectivity index (χ2n) is 18.3. The van der Waals surface area contributed by atoms with Gasteiger partial charge in [0, 0.05) is 6.61 Å². The van der Waals surface area contributed by atoms with E-state index in [0.717, 1.165) is 25.7 Å². The third-order valence-electron chi connectivity index (χ3n) is 11.5. The molecule has 0 saturated carbocycles. The summed E-state index contributed by atoms with van der Waals surface area (Å²) in [5.41, 5.74) is 0. The Morgan fingerprint density at radius 1 is 0.623 bits per heavy atom. The van der Waals surface area contributed by atoms with Crippen molar-refractivity contribution >= 4 is 11.8 Å². The number of aliphatic hydroxyl groups excluding tert-OH is 1. The minimum Gasteiger partial charge on any atom is -1.00 e. The molecule has 14 nitrogen and oxygen atoms in total. The zero-order chi connectivity index (χ0) is 51.0. The summed E-state index contributed by atoms with van der Waals surface area (Å²) in [6.45, 7) is 20.8. The van der Waals surface area contributed by atoms with Gasteiger partial charge in [-0.3, -0.25) is 9.59 Å². The summed E-state index contributed by atoms with van der Waals surface area (Å²) >= 11 is 0. The molecule has 0 aromatic rings. The van der Waals surface area contributed by atoms with Crippen LogP contribution in [0.1, 0.15) is 153 Å². The van der Waals surface area contributed by atoms with Crippen molar-refractivity contribution in [2.24, 2.45) is 0 Å². The Morgan fingerprint density at radius 3 is 1.39 bits per heavy atom. The number of carbonyl (C=O) groups excluding carboxylic acids is 2. The fraction of sp³-hybridized carbons (Fsp3) is 0.875. The smallest absolute Gasteiger partial charge is 1.00 e. The third kappa shape index (κ3) is 24.5. The van der Waals surface area contributed by atoms with Crippen LogP contribution in [0.5, 0.6) is 0 Å². The molecule has 4 rings (SSSR count). The number of alkyl halides is 6. The molecule has 69 heavy (non-hydrogen) atoms. The van der Waals surface area contributed by atoms with Crippen LogP contribution in [0.2, 0.25) is 0 Å². The second-order valence-corrected chi connectivity index (χ2v) is 18.3. The van der Waals surface area contributed by atoms with Gasteiger partial charge in [0.25, 0.3) is 0 Å². The Bertz CT molecular complexity index is 1450. The number of hydrogen-bond donors (Lipinski definition) is 3. The molecule has 0 aromatic heterocycles. The van der Waals surface area contributed by atoms with Gasteiger partial charge in [0.15, 0.2) is 24.2 Å². The van der Waals surface area contributed by atoms with Crippen molar-refractivity contribution < 1.29 is 115 Å². The predicted octanol–water partition coefficient (Wildman–Crippen LogP) is 6.38. The Kier molecular flexibility index (Phi) is 31.8. The van der Waals surface area contributed by atoms with E-state index >= 15 is 0 Å². The van der Waals surface area contributed by atoms with E-state index in [9.17, 15) is 41.0 Å². The summed E-state index contributed by atoms with van der Waals surface area (Å²) in [6, 6.07) is -2.69. The van der Waals surface area contributed by atoms with Gasteiger partial charge in [0.05, 0.1) is 26.4 Å². The van der Waals surface area contributed by atoms with E-state index in [0.29, 0.717) is 6.61 Å². The van der Waals surface area contributed by atoms with E-state index < -0.39 is 97.0 Å². The monoisotopic (exact) mass is 1020 g/mol. The molecule has 10 atom stereocenters.